The van der Waals surface area contributed by atoms with Crippen LogP contribution in [0, 0.1) is 5.92 Å². The zero-order valence-corrected chi connectivity index (χ0v) is 40.2. The van der Waals surface area contributed by atoms with Crippen LogP contribution in [0.3, 0.4) is 0 Å². The summed E-state index contributed by atoms with van der Waals surface area (Å²) < 4.78 is 11.5. The predicted molar refractivity (Wildman–Crippen MR) is 256 cm³/mol. The van der Waals surface area contributed by atoms with Crippen LogP contribution in [-0.4, -0.2) is 129 Å². The van der Waals surface area contributed by atoms with Crippen molar-refractivity contribution in [1.29, 1.82) is 0 Å². The Bertz CT molecular complexity index is 2150. The van der Waals surface area contributed by atoms with Crippen LogP contribution < -0.4 is 25.2 Å². The van der Waals surface area contributed by atoms with E-state index in [1.165, 1.54) is 0 Å². The number of amides is 4. The van der Waals surface area contributed by atoms with Crippen molar-refractivity contribution in [2.24, 2.45) is 5.92 Å². The highest BCUT2D eigenvalue weighted by Gasteiger charge is 2.26. The minimum absolute atomic E-state index is 0.0215. The van der Waals surface area contributed by atoms with Crippen LogP contribution in [0.5, 0.6) is 5.75 Å². The van der Waals surface area contributed by atoms with Crippen LogP contribution in [0.25, 0.3) is 0 Å². The molecule has 0 bridgehead atoms. The van der Waals surface area contributed by atoms with Crippen LogP contribution in [-0.2, 0) is 4.74 Å². The van der Waals surface area contributed by atoms with Gasteiger partial charge in [0.15, 0.2) is 0 Å². The Kier molecular flexibility index (Phi) is 19.9. The maximum Gasteiger partial charge on any atom is 0.255 e. The highest BCUT2D eigenvalue weighted by molar-refractivity contribution is 9.10. The van der Waals surface area contributed by atoms with E-state index in [4.69, 9.17) is 32.7 Å². The van der Waals surface area contributed by atoms with E-state index in [1.807, 2.05) is 29.2 Å². The van der Waals surface area contributed by atoms with Crippen molar-refractivity contribution in [3.63, 3.8) is 0 Å². The number of rotatable bonds is 17. The Morgan fingerprint density at radius 3 is 1.77 bits per heavy atom. The predicted octanol–water partition coefficient (Wildman–Crippen LogP) is 7.88. The fourth-order valence-corrected chi connectivity index (χ4v) is 7.68. The molecule has 2 aliphatic rings. The van der Waals surface area contributed by atoms with Crippen molar-refractivity contribution in [3.8, 4) is 5.75 Å². The van der Waals surface area contributed by atoms with E-state index in [9.17, 15) is 19.2 Å². The second-order valence-electron chi connectivity index (χ2n) is 15.9. The number of anilines is 2. The average molecular weight is 983 g/mol. The zero-order chi connectivity index (χ0) is 46.0. The van der Waals surface area contributed by atoms with Gasteiger partial charge >= 0.3 is 0 Å². The molecule has 0 spiro atoms. The summed E-state index contributed by atoms with van der Waals surface area (Å²) in [6, 6.07) is 17.6. The molecule has 0 saturated carbocycles. The molecule has 2 aromatic carbocycles. The smallest absolute Gasteiger partial charge is 0.255 e. The van der Waals surface area contributed by atoms with Gasteiger partial charge in [-0.05, 0) is 102 Å². The van der Waals surface area contributed by atoms with Crippen LogP contribution in [0.2, 0.25) is 10.0 Å². The first-order chi connectivity index (χ1) is 30.9. The molecule has 2 fully saturated rings. The van der Waals surface area contributed by atoms with Crippen LogP contribution in [0.4, 0.5) is 11.6 Å². The van der Waals surface area contributed by atoms with Gasteiger partial charge in [0.2, 0.25) is 0 Å². The second kappa shape index (κ2) is 25.5. The Hall–Kier alpha value is -4.96. The highest BCUT2D eigenvalue weighted by Crippen LogP contribution is 2.26. The maximum atomic E-state index is 12.9. The first-order valence-corrected chi connectivity index (χ1v) is 23.4. The fourth-order valence-electron chi connectivity index (χ4n) is 6.89. The highest BCUT2D eigenvalue weighted by atomic mass is 79.9. The molecular formula is C47H59BrCl2N8O6. The number of piperazine rings is 2. The molecule has 2 aromatic heterocycles. The van der Waals surface area contributed by atoms with Crippen molar-refractivity contribution < 1.29 is 28.7 Å². The van der Waals surface area contributed by atoms with E-state index in [2.05, 4.69) is 67.1 Å². The van der Waals surface area contributed by atoms with Gasteiger partial charge in [-0.2, -0.15) is 0 Å². The number of aromatic nitrogens is 2. The van der Waals surface area contributed by atoms with E-state index in [-0.39, 0.29) is 23.6 Å². The summed E-state index contributed by atoms with van der Waals surface area (Å²) in [4.78, 5) is 67.0. The molecule has 64 heavy (non-hydrogen) atoms. The molecule has 4 amide bonds. The second-order valence-corrected chi connectivity index (χ2v) is 17.6. The Morgan fingerprint density at radius 1 is 0.703 bits per heavy atom. The van der Waals surface area contributed by atoms with E-state index < -0.39 is 0 Å². The number of benzene rings is 2. The summed E-state index contributed by atoms with van der Waals surface area (Å²) in [5, 5.41) is 6.70. The van der Waals surface area contributed by atoms with E-state index in [0.717, 1.165) is 48.4 Å². The first kappa shape index (κ1) is 50.0. The molecule has 4 aromatic rings. The lowest BCUT2D eigenvalue weighted by Crippen LogP contribution is -2.49. The van der Waals surface area contributed by atoms with Gasteiger partial charge in [-0.15, -0.1) is 0 Å². The monoisotopic (exact) mass is 980 g/mol. The molecule has 2 aliphatic heterocycles. The third-order valence-corrected chi connectivity index (χ3v) is 12.0. The molecule has 6 rings (SSSR count). The quantitative estimate of drug-likeness (QED) is 0.100. The standard InChI is InChI=1S/C24H30Cl2N4O3.C23H29BrN4O3/c1-2-3-14-33-15-4-9-27-23(31)18-5-8-22(28-17-18)29-10-12-30(13-11-29)24(32)20-16-19(25)6-7-21(20)26;1-16(2)8-9-25-22(29)17-4-7-21(26-15-17)27-10-12-28(13-11-27)23(30)19-14-18(31-3)5-6-20(19)24/h5-8,16-17H,2-4,9-15H2,1H3,(H,27,31);4-7,14-16H,8-13H2,1-3H3,(H,25,29). The maximum absolute atomic E-state index is 12.9. The Labute approximate surface area is 395 Å². The number of nitrogens with zero attached hydrogens (tertiary/aromatic N) is 6. The summed E-state index contributed by atoms with van der Waals surface area (Å²) in [6.07, 6.45) is 7.12. The molecular weight excluding hydrogens is 923 g/mol. The number of halogens is 3. The summed E-state index contributed by atoms with van der Waals surface area (Å²) in [5.41, 5.74) is 2.09. The third kappa shape index (κ3) is 14.8. The number of nitrogens with one attached hydrogen (secondary N) is 2. The zero-order valence-electron chi connectivity index (χ0n) is 37.1. The summed E-state index contributed by atoms with van der Waals surface area (Å²) in [6.45, 7) is 14.0. The van der Waals surface area contributed by atoms with Crippen molar-refractivity contribution in [3.05, 3.63) is 110 Å². The van der Waals surface area contributed by atoms with Crippen molar-refractivity contribution >= 4 is 74.4 Å². The minimum atomic E-state index is -0.142. The molecule has 17 heteroatoms. The van der Waals surface area contributed by atoms with Crippen molar-refractivity contribution in [1.82, 2.24) is 30.4 Å². The van der Waals surface area contributed by atoms with Crippen LogP contribution in [0.15, 0.2) is 77.5 Å². The van der Waals surface area contributed by atoms with Crippen molar-refractivity contribution in [2.75, 3.05) is 95.6 Å². The third-order valence-electron chi connectivity index (χ3n) is 10.8. The number of pyridine rings is 2. The number of hydrogen-bond donors (Lipinski definition) is 2. The molecule has 0 radical (unpaired) electrons. The summed E-state index contributed by atoms with van der Waals surface area (Å²) in [5.74, 6) is 2.41. The largest absolute Gasteiger partial charge is 0.497 e. The molecule has 0 unspecified atom stereocenters. The lowest BCUT2D eigenvalue weighted by molar-refractivity contribution is 0.0738. The molecule has 344 valence electrons. The van der Waals surface area contributed by atoms with Gasteiger partial charge in [0.25, 0.3) is 23.6 Å². The number of carbonyl (C=O) groups excluding carboxylic acids is 4. The van der Waals surface area contributed by atoms with E-state index in [0.29, 0.717) is 116 Å². The summed E-state index contributed by atoms with van der Waals surface area (Å²) in [7, 11) is 1.59. The SMILES string of the molecule is CCCCOCCCNC(=O)c1ccc(N2CCN(C(=O)c3cc(Cl)ccc3Cl)CC2)nc1.COc1ccc(Br)c(C(=O)N2CCN(c3ccc(C(=O)NCCC(C)C)cn3)CC2)c1. The molecule has 14 nitrogen and oxygen atoms in total. The number of unbranched alkanes of at least 4 members (excludes halogenated alkanes) is 1. The molecule has 4 heterocycles. The number of ether oxygens (including phenoxy) is 2. The topological polar surface area (TPSA) is 150 Å². The van der Waals surface area contributed by atoms with Gasteiger partial charge < -0.3 is 39.7 Å². The van der Waals surface area contributed by atoms with Gasteiger partial charge in [0.05, 0.1) is 34.4 Å². The van der Waals surface area contributed by atoms with Crippen LogP contribution >= 0.6 is 39.1 Å². The lowest BCUT2D eigenvalue weighted by Gasteiger charge is -2.35. The molecule has 0 atom stereocenters. The Balaban J connectivity index is 0.000000241. The fraction of sp³-hybridized carbons (Fsp3) is 0.447. The van der Waals surface area contributed by atoms with Crippen molar-refractivity contribution in [2.45, 2.75) is 46.5 Å². The van der Waals surface area contributed by atoms with Gasteiger partial charge in [-0.1, -0.05) is 50.4 Å². The van der Waals surface area contributed by atoms with Gasteiger partial charge in [-0.3, -0.25) is 19.2 Å². The van der Waals surface area contributed by atoms with Gasteiger partial charge in [0, 0.05) is 101 Å². The number of carbonyl (C=O) groups is 4. The first-order valence-electron chi connectivity index (χ1n) is 21.8. The molecule has 2 N–H and O–H groups in total. The number of methoxy groups -OCH3 is 1. The normalized spacial score (nSPS) is 13.9. The van der Waals surface area contributed by atoms with E-state index in [1.54, 1.807) is 60.8 Å². The van der Waals surface area contributed by atoms with Gasteiger partial charge in [-0.25, -0.2) is 9.97 Å². The van der Waals surface area contributed by atoms with E-state index >= 15 is 0 Å². The molecule has 2 saturated heterocycles. The van der Waals surface area contributed by atoms with Crippen LogP contribution in [0.1, 0.15) is 87.9 Å². The summed E-state index contributed by atoms with van der Waals surface area (Å²) >= 11 is 15.7. The molecule has 0 aliphatic carbocycles. The van der Waals surface area contributed by atoms with Gasteiger partial charge in [0.1, 0.15) is 17.4 Å². The average Bonchev–Trinajstić information content (AvgIpc) is 3.32. The number of hydrogen-bond acceptors (Lipinski definition) is 10. The Morgan fingerprint density at radius 2 is 1.25 bits per heavy atom. The lowest BCUT2D eigenvalue weighted by atomic mass is 10.1. The minimum Gasteiger partial charge on any atom is -0.497 e.